The lowest BCUT2D eigenvalue weighted by atomic mass is 10.1. The molecule has 0 radical (unpaired) electrons. The molecule has 0 spiro atoms. The van der Waals surface area contributed by atoms with Crippen molar-refractivity contribution in [3.63, 3.8) is 0 Å². The number of ketones is 1. The Balaban J connectivity index is 1.75. The summed E-state index contributed by atoms with van der Waals surface area (Å²) in [6, 6.07) is 14.2. The summed E-state index contributed by atoms with van der Waals surface area (Å²) in [5, 5.41) is 2.79. The topological polar surface area (TPSA) is 64.6 Å². The van der Waals surface area contributed by atoms with E-state index in [1.54, 1.807) is 55.6 Å². The molecule has 0 saturated heterocycles. The average molecular weight is 373 g/mol. The van der Waals surface area contributed by atoms with Crippen molar-refractivity contribution < 1.29 is 19.1 Å². The van der Waals surface area contributed by atoms with Gasteiger partial charge in [-0.05, 0) is 62.4 Å². The predicted molar refractivity (Wildman–Crippen MR) is 105 cm³/mol. The number of amides is 1. The van der Waals surface area contributed by atoms with Crippen molar-refractivity contribution in [3.8, 4) is 11.5 Å². The van der Waals surface area contributed by atoms with Gasteiger partial charge in [-0.25, -0.2) is 0 Å². The summed E-state index contributed by atoms with van der Waals surface area (Å²) in [5.41, 5.74) is 1.31. The van der Waals surface area contributed by atoms with E-state index in [0.29, 0.717) is 11.3 Å². The second-order valence-corrected chi connectivity index (χ2v) is 6.87. The standard InChI is InChI=1S/C20H23NO4S/c1-14(2)25-18-8-4-15(5-9-18)19(22)12-26-13-20(23)21-16-6-10-17(24-3)11-7-16/h4-11,14H,12-13H2,1-3H3,(H,21,23). The number of methoxy groups -OCH3 is 1. The van der Waals surface area contributed by atoms with Crippen molar-refractivity contribution in [3.05, 3.63) is 54.1 Å². The molecule has 0 saturated carbocycles. The maximum Gasteiger partial charge on any atom is 0.234 e. The maximum absolute atomic E-state index is 12.2. The molecular formula is C20H23NO4S. The van der Waals surface area contributed by atoms with Crippen molar-refractivity contribution in [1.29, 1.82) is 0 Å². The molecule has 0 aliphatic rings. The second-order valence-electron chi connectivity index (χ2n) is 5.88. The van der Waals surface area contributed by atoms with Gasteiger partial charge < -0.3 is 14.8 Å². The fourth-order valence-electron chi connectivity index (χ4n) is 2.18. The molecule has 2 rings (SSSR count). The summed E-state index contributed by atoms with van der Waals surface area (Å²) < 4.78 is 10.6. The molecular weight excluding hydrogens is 350 g/mol. The Kier molecular flexibility index (Phi) is 7.53. The van der Waals surface area contributed by atoms with Gasteiger partial charge >= 0.3 is 0 Å². The van der Waals surface area contributed by atoms with Gasteiger partial charge in [0.2, 0.25) is 5.91 Å². The predicted octanol–water partition coefficient (Wildman–Crippen LogP) is 4.04. The zero-order chi connectivity index (χ0) is 18.9. The average Bonchev–Trinajstić information content (AvgIpc) is 2.62. The van der Waals surface area contributed by atoms with Crippen molar-refractivity contribution in [2.75, 3.05) is 23.9 Å². The minimum atomic E-state index is -0.145. The minimum absolute atomic E-state index is 0.0108. The molecule has 0 unspecified atom stereocenters. The summed E-state index contributed by atoms with van der Waals surface area (Å²) in [7, 11) is 1.59. The van der Waals surface area contributed by atoms with Crippen LogP contribution in [0.2, 0.25) is 0 Å². The highest BCUT2D eigenvalue weighted by molar-refractivity contribution is 8.00. The molecule has 0 aliphatic carbocycles. The Morgan fingerprint density at radius 1 is 0.962 bits per heavy atom. The van der Waals surface area contributed by atoms with Gasteiger partial charge in [0, 0.05) is 11.3 Å². The highest BCUT2D eigenvalue weighted by atomic mass is 32.2. The number of hydrogen-bond donors (Lipinski definition) is 1. The number of benzene rings is 2. The number of Topliss-reactive ketones (excluding diaryl/α,β-unsaturated/α-hetero) is 1. The third-order valence-corrected chi connectivity index (χ3v) is 4.32. The number of anilines is 1. The van der Waals surface area contributed by atoms with Gasteiger partial charge in [0.15, 0.2) is 5.78 Å². The molecule has 138 valence electrons. The van der Waals surface area contributed by atoms with E-state index in [0.717, 1.165) is 11.5 Å². The summed E-state index contributed by atoms with van der Waals surface area (Å²) in [6.45, 7) is 3.90. The third-order valence-electron chi connectivity index (χ3n) is 3.39. The van der Waals surface area contributed by atoms with Gasteiger partial charge in [-0.15, -0.1) is 11.8 Å². The van der Waals surface area contributed by atoms with Crippen LogP contribution in [0.15, 0.2) is 48.5 Å². The molecule has 0 aromatic heterocycles. The lowest BCUT2D eigenvalue weighted by molar-refractivity contribution is -0.113. The first-order valence-electron chi connectivity index (χ1n) is 8.29. The van der Waals surface area contributed by atoms with Crippen LogP contribution in [-0.2, 0) is 4.79 Å². The van der Waals surface area contributed by atoms with Crippen molar-refractivity contribution >= 4 is 29.1 Å². The third kappa shape index (κ3) is 6.44. The van der Waals surface area contributed by atoms with Crippen LogP contribution in [0, 0.1) is 0 Å². The molecule has 26 heavy (non-hydrogen) atoms. The highest BCUT2D eigenvalue weighted by Gasteiger charge is 2.09. The molecule has 1 N–H and O–H groups in total. The van der Waals surface area contributed by atoms with Crippen LogP contribution in [-0.4, -0.2) is 36.4 Å². The number of nitrogens with one attached hydrogen (secondary N) is 1. The SMILES string of the molecule is COc1ccc(NC(=O)CSCC(=O)c2ccc(OC(C)C)cc2)cc1. The monoisotopic (exact) mass is 373 g/mol. The first kappa shape index (κ1) is 19.8. The number of hydrogen-bond acceptors (Lipinski definition) is 5. The van der Waals surface area contributed by atoms with Crippen LogP contribution in [0.3, 0.4) is 0 Å². The summed E-state index contributed by atoms with van der Waals surface area (Å²) in [6.07, 6.45) is 0.0938. The molecule has 0 fully saturated rings. The molecule has 2 aromatic carbocycles. The fraction of sp³-hybridized carbons (Fsp3) is 0.300. The van der Waals surface area contributed by atoms with Crippen molar-refractivity contribution in [1.82, 2.24) is 0 Å². The van der Waals surface area contributed by atoms with E-state index in [1.165, 1.54) is 11.8 Å². The van der Waals surface area contributed by atoms with Crippen LogP contribution in [0.1, 0.15) is 24.2 Å². The molecule has 0 atom stereocenters. The van der Waals surface area contributed by atoms with Gasteiger partial charge in [0.05, 0.1) is 24.7 Å². The quantitative estimate of drug-likeness (QED) is 0.672. The van der Waals surface area contributed by atoms with Gasteiger partial charge in [-0.2, -0.15) is 0 Å². The normalized spacial score (nSPS) is 10.5. The molecule has 1 amide bonds. The van der Waals surface area contributed by atoms with Crippen LogP contribution < -0.4 is 14.8 Å². The Bertz CT molecular complexity index is 726. The number of ether oxygens (including phenoxy) is 2. The number of carbonyl (C=O) groups is 2. The van der Waals surface area contributed by atoms with Gasteiger partial charge in [0.1, 0.15) is 11.5 Å². The summed E-state index contributed by atoms with van der Waals surface area (Å²) in [4.78, 5) is 24.1. The second kappa shape index (κ2) is 9.87. The van der Waals surface area contributed by atoms with Gasteiger partial charge in [0.25, 0.3) is 0 Å². The summed E-state index contributed by atoms with van der Waals surface area (Å²) in [5.74, 6) is 1.78. The molecule has 0 bridgehead atoms. The van der Waals surface area contributed by atoms with E-state index in [2.05, 4.69) is 5.32 Å². The van der Waals surface area contributed by atoms with E-state index < -0.39 is 0 Å². The van der Waals surface area contributed by atoms with E-state index in [9.17, 15) is 9.59 Å². The summed E-state index contributed by atoms with van der Waals surface area (Å²) >= 11 is 1.29. The fourth-order valence-corrected chi connectivity index (χ4v) is 2.89. The lowest BCUT2D eigenvalue weighted by Crippen LogP contribution is -2.15. The Labute approximate surface area is 158 Å². The van der Waals surface area contributed by atoms with Crippen LogP contribution in [0.4, 0.5) is 5.69 Å². The van der Waals surface area contributed by atoms with E-state index in [4.69, 9.17) is 9.47 Å². The van der Waals surface area contributed by atoms with E-state index in [-0.39, 0.29) is 29.3 Å². The number of thioether (sulfide) groups is 1. The number of rotatable bonds is 9. The Hall–Kier alpha value is -2.47. The first-order valence-corrected chi connectivity index (χ1v) is 9.45. The zero-order valence-electron chi connectivity index (χ0n) is 15.2. The van der Waals surface area contributed by atoms with Gasteiger partial charge in [-0.1, -0.05) is 0 Å². The lowest BCUT2D eigenvalue weighted by Gasteiger charge is -2.09. The first-order chi connectivity index (χ1) is 12.5. The highest BCUT2D eigenvalue weighted by Crippen LogP contribution is 2.17. The Morgan fingerprint density at radius 2 is 1.58 bits per heavy atom. The Morgan fingerprint density at radius 3 is 2.15 bits per heavy atom. The van der Waals surface area contributed by atoms with Crippen molar-refractivity contribution in [2.24, 2.45) is 0 Å². The molecule has 0 aliphatic heterocycles. The molecule has 6 heteroatoms. The van der Waals surface area contributed by atoms with E-state index >= 15 is 0 Å². The maximum atomic E-state index is 12.2. The van der Waals surface area contributed by atoms with Crippen LogP contribution >= 0.6 is 11.8 Å². The van der Waals surface area contributed by atoms with Gasteiger partial charge in [-0.3, -0.25) is 9.59 Å². The zero-order valence-corrected chi connectivity index (χ0v) is 16.0. The smallest absolute Gasteiger partial charge is 0.234 e. The van der Waals surface area contributed by atoms with E-state index in [1.807, 2.05) is 13.8 Å². The van der Waals surface area contributed by atoms with Crippen LogP contribution in [0.25, 0.3) is 0 Å². The largest absolute Gasteiger partial charge is 0.497 e. The molecule has 5 nitrogen and oxygen atoms in total. The van der Waals surface area contributed by atoms with Crippen molar-refractivity contribution in [2.45, 2.75) is 20.0 Å². The number of carbonyl (C=O) groups excluding carboxylic acids is 2. The minimum Gasteiger partial charge on any atom is -0.497 e. The van der Waals surface area contributed by atoms with Crippen LogP contribution in [0.5, 0.6) is 11.5 Å². The molecule has 2 aromatic rings. The molecule has 0 heterocycles.